The minimum atomic E-state index is -0.660. The first-order valence-electron chi connectivity index (χ1n) is 11.4. The van der Waals surface area contributed by atoms with Gasteiger partial charge in [-0.05, 0) is 42.3 Å². The van der Waals surface area contributed by atoms with E-state index in [1.54, 1.807) is 42.3 Å². The van der Waals surface area contributed by atoms with E-state index < -0.39 is 17.7 Å². The number of amides is 1. The second-order valence-electron chi connectivity index (χ2n) is 8.43. The summed E-state index contributed by atoms with van der Waals surface area (Å²) in [6, 6.07) is 11.9. The third kappa shape index (κ3) is 4.27. The highest BCUT2D eigenvalue weighted by atomic mass is 16.5. The van der Waals surface area contributed by atoms with E-state index in [1.807, 2.05) is 24.1 Å². The fourth-order valence-electron chi connectivity index (χ4n) is 4.43. The molecular formula is C26H30N2O5. The maximum Gasteiger partial charge on any atom is 0.295 e. The molecule has 0 saturated carbocycles. The minimum Gasteiger partial charge on any atom is -0.507 e. The fraction of sp³-hybridized carbons (Fsp3) is 0.385. The van der Waals surface area contributed by atoms with Crippen LogP contribution in [0.5, 0.6) is 11.5 Å². The monoisotopic (exact) mass is 450 g/mol. The van der Waals surface area contributed by atoms with E-state index in [4.69, 9.17) is 9.47 Å². The first-order valence-corrected chi connectivity index (χ1v) is 11.4. The Kier molecular flexibility index (Phi) is 6.58. The van der Waals surface area contributed by atoms with Gasteiger partial charge in [-0.25, -0.2) is 0 Å². The van der Waals surface area contributed by atoms with Crippen LogP contribution in [-0.4, -0.2) is 55.6 Å². The summed E-state index contributed by atoms with van der Waals surface area (Å²) in [6.45, 7) is 3.86. The molecule has 1 saturated heterocycles. The van der Waals surface area contributed by atoms with Crippen molar-refractivity contribution in [1.29, 1.82) is 0 Å². The number of unbranched alkanes of at least 4 members (excludes halogenated alkanes) is 2. The maximum absolute atomic E-state index is 13.2. The zero-order chi connectivity index (χ0) is 23.5. The molecule has 7 heteroatoms. The average Bonchev–Trinajstić information content (AvgIpc) is 3.09. The lowest BCUT2D eigenvalue weighted by molar-refractivity contribution is -0.139. The second kappa shape index (κ2) is 9.57. The zero-order valence-electron chi connectivity index (χ0n) is 19.3. The van der Waals surface area contributed by atoms with Gasteiger partial charge < -0.3 is 24.4 Å². The van der Waals surface area contributed by atoms with Gasteiger partial charge in [0.25, 0.3) is 11.7 Å². The number of ketones is 1. The summed E-state index contributed by atoms with van der Waals surface area (Å²) in [6.07, 6.45) is 2.74. The Labute approximate surface area is 194 Å². The first kappa shape index (κ1) is 22.7. The van der Waals surface area contributed by atoms with Crippen LogP contribution in [0, 0.1) is 0 Å². The van der Waals surface area contributed by atoms with E-state index in [0.29, 0.717) is 24.5 Å². The van der Waals surface area contributed by atoms with E-state index in [1.165, 1.54) is 0 Å². The van der Waals surface area contributed by atoms with Gasteiger partial charge in [-0.1, -0.05) is 31.9 Å². The number of fused-ring (bicyclic) bond motifs is 1. The molecular weight excluding hydrogens is 420 g/mol. The standard InChI is InChI=1S/C26H30N2O5/c1-4-5-6-13-28-23(17-7-10-19(32-3)11-8-17)22(25(30)26(28)31)24(29)18-9-12-21-20(16-18)27(2)14-15-33-21/h7-12,16,23,29H,4-6,13-15H2,1-3H3/b24-22-. The Morgan fingerprint density at radius 1 is 1.15 bits per heavy atom. The van der Waals surface area contributed by atoms with E-state index >= 15 is 0 Å². The molecule has 4 rings (SSSR count). The van der Waals surface area contributed by atoms with E-state index in [-0.39, 0.29) is 11.3 Å². The smallest absolute Gasteiger partial charge is 0.295 e. The molecule has 1 atom stereocenters. The molecule has 2 aliphatic heterocycles. The van der Waals surface area contributed by atoms with Gasteiger partial charge in [-0.15, -0.1) is 0 Å². The minimum absolute atomic E-state index is 0.112. The van der Waals surface area contributed by atoms with Crippen LogP contribution in [0.1, 0.15) is 43.4 Å². The highest BCUT2D eigenvalue weighted by Gasteiger charge is 2.45. The van der Waals surface area contributed by atoms with Crippen molar-refractivity contribution in [2.75, 3.05) is 38.8 Å². The number of aliphatic hydroxyl groups is 1. The number of likely N-dealkylation sites (N-methyl/N-ethyl adjacent to an activating group) is 1. The number of methoxy groups -OCH3 is 1. The number of nitrogens with zero attached hydrogens (tertiary/aromatic N) is 2. The molecule has 7 nitrogen and oxygen atoms in total. The molecule has 2 heterocycles. The van der Waals surface area contributed by atoms with Crippen molar-refractivity contribution in [3.05, 3.63) is 59.2 Å². The predicted octanol–water partition coefficient (Wildman–Crippen LogP) is 4.14. The van der Waals surface area contributed by atoms with E-state index in [9.17, 15) is 14.7 Å². The number of benzene rings is 2. The van der Waals surface area contributed by atoms with Crippen LogP contribution in [-0.2, 0) is 9.59 Å². The zero-order valence-corrected chi connectivity index (χ0v) is 19.3. The van der Waals surface area contributed by atoms with Crippen molar-refractivity contribution in [3.63, 3.8) is 0 Å². The van der Waals surface area contributed by atoms with Gasteiger partial charge in [-0.2, -0.15) is 0 Å². The van der Waals surface area contributed by atoms with Crippen molar-refractivity contribution >= 4 is 23.1 Å². The van der Waals surface area contributed by atoms with Crippen LogP contribution in [0.2, 0.25) is 0 Å². The summed E-state index contributed by atoms with van der Waals surface area (Å²) in [7, 11) is 3.54. The van der Waals surface area contributed by atoms with Gasteiger partial charge in [0.1, 0.15) is 23.9 Å². The lowest BCUT2D eigenvalue weighted by atomic mass is 9.94. The SMILES string of the molecule is CCCCCN1C(=O)C(=O)/C(=C(\O)c2ccc3c(c2)N(C)CCO3)C1c1ccc(OC)cc1. The number of likely N-dealkylation sites (tertiary alicyclic amines) is 1. The molecule has 0 aromatic heterocycles. The van der Waals surface area contributed by atoms with Gasteiger partial charge >= 0.3 is 0 Å². The summed E-state index contributed by atoms with van der Waals surface area (Å²) in [5.41, 5.74) is 2.19. The number of rotatable bonds is 7. The molecule has 1 amide bonds. The predicted molar refractivity (Wildman–Crippen MR) is 127 cm³/mol. The largest absolute Gasteiger partial charge is 0.507 e. The summed E-state index contributed by atoms with van der Waals surface area (Å²) in [5, 5.41) is 11.3. The Bertz CT molecular complexity index is 1080. The number of carbonyl (C=O) groups excluding carboxylic acids is 2. The molecule has 0 radical (unpaired) electrons. The van der Waals surface area contributed by atoms with Crippen molar-refractivity contribution in [3.8, 4) is 11.5 Å². The maximum atomic E-state index is 13.2. The first-order chi connectivity index (χ1) is 16.0. The van der Waals surface area contributed by atoms with E-state index in [2.05, 4.69) is 6.92 Å². The molecule has 0 spiro atoms. The third-order valence-electron chi connectivity index (χ3n) is 6.30. The normalized spacial score (nSPS) is 19.4. The van der Waals surface area contributed by atoms with Gasteiger partial charge in [0.15, 0.2) is 0 Å². The molecule has 2 aromatic carbocycles. The lowest BCUT2D eigenvalue weighted by Crippen LogP contribution is -2.30. The van der Waals surface area contributed by atoms with Crippen LogP contribution in [0.15, 0.2) is 48.0 Å². The quantitative estimate of drug-likeness (QED) is 0.296. The fourth-order valence-corrected chi connectivity index (χ4v) is 4.43. The summed E-state index contributed by atoms with van der Waals surface area (Å²) < 4.78 is 11.0. The average molecular weight is 451 g/mol. The Morgan fingerprint density at radius 3 is 2.61 bits per heavy atom. The Balaban J connectivity index is 1.80. The van der Waals surface area contributed by atoms with Crippen molar-refractivity contribution in [1.82, 2.24) is 4.90 Å². The third-order valence-corrected chi connectivity index (χ3v) is 6.30. The van der Waals surface area contributed by atoms with Crippen LogP contribution in [0.3, 0.4) is 0 Å². The molecule has 0 aliphatic carbocycles. The summed E-state index contributed by atoms with van der Waals surface area (Å²) in [4.78, 5) is 29.8. The van der Waals surface area contributed by atoms with Crippen LogP contribution < -0.4 is 14.4 Å². The number of hydrogen-bond donors (Lipinski definition) is 1. The molecule has 1 fully saturated rings. The van der Waals surface area contributed by atoms with Crippen LogP contribution in [0.25, 0.3) is 5.76 Å². The van der Waals surface area contributed by atoms with Crippen molar-refractivity contribution < 1.29 is 24.2 Å². The van der Waals surface area contributed by atoms with Crippen molar-refractivity contribution in [2.45, 2.75) is 32.2 Å². The number of ether oxygens (including phenoxy) is 2. The number of hydrogen-bond acceptors (Lipinski definition) is 6. The molecule has 0 bridgehead atoms. The highest BCUT2D eigenvalue weighted by Crippen LogP contribution is 2.41. The topological polar surface area (TPSA) is 79.3 Å². The number of anilines is 1. The summed E-state index contributed by atoms with van der Waals surface area (Å²) in [5.74, 6) is -0.000567. The van der Waals surface area contributed by atoms with Crippen LogP contribution >= 0.6 is 0 Å². The highest BCUT2D eigenvalue weighted by molar-refractivity contribution is 6.46. The van der Waals surface area contributed by atoms with Gasteiger partial charge in [0.2, 0.25) is 0 Å². The second-order valence-corrected chi connectivity index (χ2v) is 8.43. The van der Waals surface area contributed by atoms with Gasteiger partial charge in [0.05, 0.1) is 31.0 Å². The number of carbonyl (C=O) groups is 2. The van der Waals surface area contributed by atoms with Crippen molar-refractivity contribution in [2.24, 2.45) is 0 Å². The molecule has 2 aliphatic rings. The summed E-state index contributed by atoms with van der Waals surface area (Å²) >= 11 is 0. The number of aliphatic hydroxyl groups excluding tert-OH is 1. The molecule has 2 aromatic rings. The molecule has 1 unspecified atom stereocenters. The number of Topliss-reactive ketones (excluding diaryl/α,β-unsaturated/α-hetero) is 1. The van der Waals surface area contributed by atoms with Crippen LogP contribution in [0.4, 0.5) is 5.69 Å². The van der Waals surface area contributed by atoms with Gasteiger partial charge in [0, 0.05) is 19.2 Å². The van der Waals surface area contributed by atoms with Gasteiger partial charge in [-0.3, -0.25) is 9.59 Å². The lowest BCUT2D eigenvalue weighted by Gasteiger charge is -2.28. The van der Waals surface area contributed by atoms with E-state index in [0.717, 1.165) is 42.8 Å². The molecule has 1 N–H and O–H groups in total. The molecule has 33 heavy (non-hydrogen) atoms. The Morgan fingerprint density at radius 2 is 1.91 bits per heavy atom. The Hall–Kier alpha value is -3.48. The molecule has 174 valence electrons.